The van der Waals surface area contributed by atoms with Gasteiger partial charge in [-0.15, -0.1) is 0 Å². The monoisotopic (exact) mass is 288 g/mol. The average molecular weight is 290 g/mol. The lowest BCUT2D eigenvalue weighted by Gasteiger charge is -2.17. The van der Waals surface area contributed by atoms with Crippen molar-refractivity contribution in [2.24, 2.45) is 5.92 Å². The first kappa shape index (κ1) is 11.2. The van der Waals surface area contributed by atoms with Crippen molar-refractivity contribution in [1.29, 1.82) is 0 Å². The maximum Gasteiger partial charge on any atom is 0.140 e. The number of nitrogens with zero attached hydrogens (tertiary/aromatic N) is 1. The summed E-state index contributed by atoms with van der Waals surface area (Å²) in [6.07, 6.45) is 5.50. The second kappa shape index (κ2) is 4.71. The van der Waals surface area contributed by atoms with E-state index in [4.69, 9.17) is 11.6 Å². The number of nitrogens with one attached hydrogen (secondary N) is 1. The quantitative estimate of drug-likeness (QED) is 0.903. The smallest absolute Gasteiger partial charge is 0.140 e. The van der Waals surface area contributed by atoms with Gasteiger partial charge in [-0.2, -0.15) is 0 Å². The molecule has 4 heteroatoms. The van der Waals surface area contributed by atoms with Gasteiger partial charge in [0.25, 0.3) is 0 Å². The Morgan fingerprint density at radius 1 is 1.67 bits per heavy atom. The van der Waals surface area contributed by atoms with Crippen LogP contribution in [0.1, 0.15) is 26.2 Å². The van der Waals surface area contributed by atoms with Crippen LogP contribution in [0.2, 0.25) is 5.02 Å². The minimum atomic E-state index is 0.551. The van der Waals surface area contributed by atoms with E-state index in [-0.39, 0.29) is 0 Å². The van der Waals surface area contributed by atoms with Crippen LogP contribution in [0, 0.1) is 5.92 Å². The van der Waals surface area contributed by atoms with Crippen LogP contribution < -0.4 is 5.32 Å². The number of aromatic nitrogens is 1. The summed E-state index contributed by atoms with van der Waals surface area (Å²) in [5.74, 6) is 1.73. The van der Waals surface area contributed by atoms with E-state index in [1.54, 1.807) is 6.20 Å². The Hall–Kier alpha value is -0.280. The third-order valence-electron chi connectivity index (χ3n) is 2.76. The molecule has 0 bridgehead atoms. The maximum absolute atomic E-state index is 5.84. The molecule has 1 N–H and O–H groups in total. The minimum Gasteiger partial charge on any atom is -0.366 e. The first-order valence-corrected chi connectivity index (χ1v) is 6.45. The summed E-state index contributed by atoms with van der Waals surface area (Å²) in [5, 5.41) is 4.13. The molecule has 2 nitrogen and oxygen atoms in total. The Kier molecular flexibility index (Phi) is 3.52. The molecule has 1 heterocycles. The summed E-state index contributed by atoms with van der Waals surface area (Å²) in [6.45, 7) is 2.21. The van der Waals surface area contributed by atoms with Gasteiger partial charge in [-0.1, -0.05) is 18.5 Å². The van der Waals surface area contributed by atoms with Crippen molar-refractivity contribution >= 4 is 33.3 Å². The lowest BCUT2D eigenvalue weighted by molar-refractivity contribution is 0.613. The number of halogens is 2. The predicted octanol–water partition coefficient (Wildman–Crippen LogP) is 4.10. The SMILES string of the molecule is CCC(Nc1ncc(Cl)cc1Br)C1CC1. The highest BCUT2D eigenvalue weighted by Crippen LogP contribution is 2.36. The highest BCUT2D eigenvalue weighted by atomic mass is 79.9. The first-order chi connectivity index (χ1) is 7.20. The van der Waals surface area contributed by atoms with E-state index in [0.717, 1.165) is 22.6 Å². The molecule has 1 aromatic heterocycles. The van der Waals surface area contributed by atoms with Gasteiger partial charge in [-0.05, 0) is 47.2 Å². The van der Waals surface area contributed by atoms with E-state index >= 15 is 0 Å². The van der Waals surface area contributed by atoms with E-state index in [1.165, 1.54) is 12.8 Å². The zero-order valence-electron chi connectivity index (χ0n) is 8.63. The second-order valence-corrected chi connectivity index (χ2v) is 5.27. The van der Waals surface area contributed by atoms with Gasteiger partial charge in [0.15, 0.2) is 0 Å². The second-order valence-electron chi connectivity index (χ2n) is 3.98. The fourth-order valence-corrected chi connectivity index (χ4v) is 2.50. The van der Waals surface area contributed by atoms with E-state index in [9.17, 15) is 0 Å². The standard InChI is InChI=1S/C11H14BrClN2/c1-2-10(7-3-4-7)15-11-9(12)5-8(13)6-14-11/h5-7,10H,2-4H2,1H3,(H,14,15). The van der Waals surface area contributed by atoms with E-state index in [2.05, 4.69) is 33.2 Å². The first-order valence-electron chi connectivity index (χ1n) is 5.28. The van der Waals surface area contributed by atoms with Crippen molar-refractivity contribution in [3.8, 4) is 0 Å². The van der Waals surface area contributed by atoms with Gasteiger partial charge in [0.1, 0.15) is 5.82 Å². The largest absolute Gasteiger partial charge is 0.366 e. The molecule has 1 atom stereocenters. The number of pyridine rings is 1. The lowest BCUT2D eigenvalue weighted by atomic mass is 10.1. The van der Waals surface area contributed by atoms with Crippen LogP contribution in [0.3, 0.4) is 0 Å². The Morgan fingerprint density at radius 2 is 2.40 bits per heavy atom. The van der Waals surface area contributed by atoms with Crippen molar-refractivity contribution in [3.05, 3.63) is 21.8 Å². The molecular formula is C11H14BrClN2. The summed E-state index contributed by atoms with van der Waals surface area (Å²) in [7, 11) is 0. The van der Waals surface area contributed by atoms with E-state index in [0.29, 0.717) is 11.1 Å². The van der Waals surface area contributed by atoms with Gasteiger partial charge in [0.2, 0.25) is 0 Å². The Morgan fingerprint density at radius 3 is 2.93 bits per heavy atom. The number of hydrogen-bond donors (Lipinski definition) is 1. The van der Waals surface area contributed by atoms with Crippen LogP contribution in [-0.2, 0) is 0 Å². The van der Waals surface area contributed by atoms with Crippen LogP contribution in [0.15, 0.2) is 16.7 Å². The Balaban J connectivity index is 2.08. The molecule has 1 aliphatic rings. The third kappa shape index (κ3) is 2.85. The lowest BCUT2D eigenvalue weighted by Crippen LogP contribution is -2.21. The summed E-state index contributed by atoms with van der Waals surface area (Å²) in [5.41, 5.74) is 0. The highest BCUT2D eigenvalue weighted by Gasteiger charge is 2.30. The predicted molar refractivity (Wildman–Crippen MR) is 67.4 cm³/mol. The minimum absolute atomic E-state index is 0.551. The molecule has 0 aromatic carbocycles. The van der Waals surface area contributed by atoms with Gasteiger partial charge >= 0.3 is 0 Å². The molecule has 0 saturated heterocycles. The molecule has 0 aliphatic heterocycles. The summed E-state index contributed by atoms with van der Waals surface area (Å²) >= 11 is 9.31. The van der Waals surface area contributed by atoms with Crippen molar-refractivity contribution in [3.63, 3.8) is 0 Å². The molecule has 0 amide bonds. The van der Waals surface area contributed by atoms with E-state index < -0.39 is 0 Å². The summed E-state index contributed by atoms with van der Waals surface area (Å²) in [4.78, 5) is 4.29. The van der Waals surface area contributed by atoms with E-state index in [1.807, 2.05) is 6.07 Å². The molecule has 1 aromatic rings. The fourth-order valence-electron chi connectivity index (χ4n) is 1.75. The normalized spacial score (nSPS) is 17.5. The highest BCUT2D eigenvalue weighted by molar-refractivity contribution is 9.10. The van der Waals surface area contributed by atoms with Crippen molar-refractivity contribution in [1.82, 2.24) is 4.98 Å². The molecule has 1 saturated carbocycles. The molecule has 2 rings (SSSR count). The molecule has 0 spiro atoms. The van der Waals surface area contributed by atoms with Gasteiger partial charge < -0.3 is 5.32 Å². The zero-order chi connectivity index (χ0) is 10.8. The fraction of sp³-hybridized carbons (Fsp3) is 0.545. The Bertz CT molecular complexity index is 352. The molecule has 1 aliphatic carbocycles. The van der Waals surface area contributed by atoms with Crippen LogP contribution in [-0.4, -0.2) is 11.0 Å². The van der Waals surface area contributed by atoms with Crippen molar-refractivity contribution in [2.45, 2.75) is 32.2 Å². The number of rotatable bonds is 4. The Labute approximate surface area is 104 Å². The maximum atomic E-state index is 5.84. The summed E-state index contributed by atoms with van der Waals surface area (Å²) < 4.78 is 0.939. The van der Waals surface area contributed by atoms with Gasteiger partial charge in [-0.3, -0.25) is 0 Å². The van der Waals surface area contributed by atoms with Gasteiger partial charge in [0.05, 0.1) is 9.50 Å². The van der Waals surface area contributed by atoms with Crippen LogP contribution in [0.4, 0.5) is 5.82 Å². The zero-order valence-corrected chi connectivity index (χ0v) is 11.0. The summed E-state index contributed by atoms with van der Waals surface area (Å²) in [6, 6.07) is 2.42. The molecule has 1 unspecified atom stereocenters. The van der Waals surface area contributed by atoms with Gasteiger partial charge in [0, 0.05) is 12.2 Å². The molecule has 1 fully saturated rings. The van der Waals surface area contributed by atoms with Crippen LogP contribution in [0.5, 0.6) is 0 Å². The van der Waals surface area contributed by atoms with Crippen LogP contribution in [0.25, 0.3) is 0 Å². The number of hydrogen-bond acceptors (Lipinski definition) is 2. The molecule has 0 radical (unpaired) electrons. The third-order valence-corrected chi connectivity index (χ3v) is 3.57. The topological polar surface area (TPSA) is 24.9 Å². The number of anilines is 1. The molecule has 15 heavy (non-hydrogen) atoms. The molecule has 82 valence electrons. The van der Waals surface area contributed by atoms with Crippen LogP contribution >= 0.6 is 27.5 Å². The van der Waals surface area contributed by atoms with Gasteiger partial charge in [-0.25, -0.2) is 4.98 Å². The average Bonchev–Trinajstić information content (AvgIpc) is 3.00. The van der Waals surface area contributed by atoms with Crippen molar-refractivity contribution in [2.75, 3.05) is 5.32 Å². The molecular weight excluding hydrogens is 275 g/mol. The van der Waals surface area contributed by atoms with Crippen molar-refractivity contribution < 1.29 is 0 Å².